The zero-order valence-electron chi connectivity index (χ0n) is 7.83. The van der Waals surface area contributed by atoms with E-state index in [-0.39, 0.29) is 12.5 Å². The zero-order chi connectivity index (χ0) is 11.5. The van der Waals surface area contributed by atoms with Crippen molar-refractivity contribution < 1.29 is 4.92 Å². The molecule has 2 aromatic rings. The highest BCUT2D eigenvalue weighted by molar-refractivity contribution is 5.09. The lowest BCUT2D eigenvalue weighted by Crippen LogP contribution is -2.13. The topological polar surface area (TPSA) is 156 Å². The minimum atomic E-state index is -0.727. The predicted molar refractivity (Wildman–Crippen MR) is 46.7 cm³/mol. The lowest BCUT2D eigenvalue weighted by Gasteiger charge is -1.96. The molecular formula is C4H6N10O2. The van der Waals surface area contributed by atoms with Gasteiger partial charge in [0, 0.05) is 5.21 Å². The molecule has 0 radical (unpaired) electrons. The molecule has 0 amide bonds. The fourth-order valence-corrected chi connectivity index (χ4v) is 0.958. The van der Waals surface area contributed by atoms with Gasteiger partial charge in [-0.05, 0) is 15.4 Å². The molecule has 16 heavy (non-hydrogen) atoms. The molecule has 0 bridgehead atoms. The Balaban J connectivity index is 2.00. The van der Waals surface area contributed by atoms with Crippen LogP contribution in [0.1, 0.15) is 0 Å². The van der Waals surface area contributed by atoms with Crippen LogP contribution in [-0.4, -0.2) is 45.3 Å². The van der Waals surface area contributed by atoms with Crippen molar-refractivity contribution in [3.8, 4) is 0 Å². The van der Waals surface area contributed by atoms with E-state index < -0.39 is 10.9 Å². The Morgan fingerprint density at radius 2 is 2.12 bits per heavy atom. The fraction of sp³-hybridized carbons (Fsp3) is 0.500. The van der Waals surface area contributed by atoms with Gasteiger partial charge in [-0.2, -0.15) is 0 Å². The normalized spacial score (nSPS) is 10.5. The highest BCUT2D eigenvalue weighted by Gasteiger charge is 2.15. The minimum Gasteiger partial charge on any atom is -0.390 e. The number of hydrogen-bond acceptors (Lipinski definition) is 9. The first-order valence-corrected chi connectivity index (χ1v) is 4.10. The molecule has 0 unspecified atom stereocenters. The number of tetrazole rings is 2. The number of aryl methyl sites for hydroxylation is 2. The van der Waals surface area contributed by atoms with E-state index in [0.717, 1.165) is 4.80 Å². The first-order chi connectivity index (χ1) is 7.66. The second-order valence-electron chi connectivity index (χ2n) is 2.70. The van der Waals surface area contributed by atoms with Crippen LogP contribution in [-0.2, 0) is 13.1 Å². The first kappa shape index (κ1) is 9.88. The first-order valence-electron chi connectivity index (χ1n) is 4.10. The van der Waals surface area contributed by atoms with Gasteiger partial charge in [0.15, 0.2) is 0 Å². The summed E-state index contributed by atoms with van der Waals surface area (Å²) in [6, 6.07) is 0. The summed E-state index contributed by atoms with van der Waals surface area (Å²) in [5.41, 5.74) is 5.41. The van der Waals surface area contributed by atoms with Gasteiger partial charge in [0.05, 0.1) is 23.3 Å². The summed E-state index contributed by atoms with van der Waals surface area (Å²) < 4.78 is 1.31. The number of aromatic nitrogens is 8. The van der Waals surface area contributed by atoms with E-state index >= 15 is 0 Å². The van der Waals surface area contributed by atoms with Crippen LogP contribution < -0.4 is 5.73 Å². The van der Waals surface area contributed by atoms with Gasteiger partial charge in [-0.15, -0.1) is 0 Å². The standard InChI is InChI=1S/C4H6N10O2/c5-3-6-9-11-12(3)1-2-13-8-4(7-10-13)14(15)16/h1-2H2,(H2,5,6,11). The third-order valence-corrected chi connectivity index (χ3v) is 1.68. The Bertz CT molecular complexity index is 500. The number of nitrogens with zero attached hydrogens (tertiary/aromatic N) is 9. The van der Waals surface area contributed by atoms with Crippen molar-refractivity contribution in [1.29, 1.82) is 0 Å². The smallest absolute Gasteiger partial charge is 0.390 e. The monoisotopic (exact) mass is 226 g/mol. The van der Waals surface area contributed by atoms with Crippen molar-refractivity contribution in [2.24, 2.45) is 0 Å². The summed E-state index contributed by atoms with van der Waals surface area (Å²) in [6.07, 6.45) is 0. The molecule has 0 saturated carbocycles. The van der Waals surface area contributed by atoms with Gasteiger partial charge < -0.3 is 15.8 Å². The molecule has 0 aliphatic heterocycles. The van der Waals surface area contributed by atoms with Crippen LogP contribution in [0, 0.1) is 10.1 Å². The maximum atomic E-state index is 10.3. The van der Waals surface area contributed by atoms with Gasteiger partial charge in [0.2, 0.25) is 5.95 Å². The van der Waals surface area contributed by atoms with Crippen molar-refractivity contribution in [2.75, 3.05) is 5.73 Å². The van der Waals surface area contributed by atoms with Crippen LogP contribution in [0.25, 0.3) is 0 Å². The summed E-state index contributed by atoms with van der Waals surface area (Å²) >= 11 is 0. The van der Waals surface area contributed by atoms with Gasteiger partial charge in [-0.3, -0.25) is 0 Å². The average Bonchev–Trinajstić information content (AvgIpc) is 2.83. The lowest BCUT2D eigenvalue weighted by molar-refractivity contribution is -0.394. The average molecular weight is 226 g/mol. The summed E-state index contributed by atoms with van der Waals surface area (Å²) in [4.78, 5) is 10.6. The van der Waals surface area contributed by atoms with Crippen molar-refractivity contribution in [2.45, 2.75) is 13.1 Å². The fourth-order valence-electron chi connectivity index (χ4n) is 0.958. The predicted octanol–water partition coefficient (Wildman–Crippen LogP) is -2.15. The van der Waals surface area contributed by atoms with Crippen molar-refractivity contribution in [1.82, 2.24) is 40.4 Å². The number of nitrogens with two attached hydrogens (primary N) is 1. The molecule has 2 heterocycles. The third-order valence-electron chi connectivity index (χ3n) is 1.68. The molecule has 12 heteroatoms. The quantitative estimate of drug-likeness (QED) is 0.453. The highest BCUT2D eigenvalue weighted by Crippen LogP contribution is 1.98. The molecule has 0 saturated heterocycles. The molecule has 0 fully saturated rings. The minimum absolute atomic E-state index is 0.148. The second kappa shape index (κ2) is 3.84. The maximum absolute atomic E-state index is 10.3. The Kier molecular flexibility index (Phi) is 2.37. The van der Waals surface area contributed by atoms with E-state index in [0.29, 0.717) is 6.54 Å². The van der Waals surface area contributed by atoms with E-state index in [2.05, 4.69) is 30.9 Å². The highest BCUT2D eigenvalue weighted by atomic mass is 16.6. The molecule has 2 rings (SSSR count). The lowest BCUT2D eigenvalue weighted by atomic mass is 10.6. The van der Waals surface area contributed by atoms with Gasteiger partial charge >= 0.3 is 5.95 Å². The molecule has 0 aromatic carbocycles. The molecule has 0 atom stereocenters. The van der Waals surface area contributed by atoms with Gasteiger partial charge in [0.25, 0.3) is 0 Å². The number of hydrogen-bond donors (Lipinski definition) is 1. The van der Waals surface area contributed by atoms with Crippen LogP contribution >= 0.6 is 0 Å². The van der Waals surface area contributed by atoms with Gasteiger partial charge in [0.1, 0.15) is 0 Å². The molecule has 12 nitrogen and oxygen atoms in total. The Hall–Kier alpha value is -2.66. The molecule has 0 aliphatic rings. The van der Waals surface area contributed by atoms with E-state index in [1.165, 1.54) is 4.68 Å². The van der Waals surface area contributed by atoms with Crippen LogP contribution in [0.5, 0.6) is 0 Å². The number of nitro groups is 1. The Morgan fingerprint density at radius 3 is 2.69 bits per heavy atom. The van der Waals surface area contributed by atoms with Gasteiger partial charge in [-0.25, -0.2) is 4.68 Å². The molecule has 84 valence electrons. The van der Waals surface area contributed by atoms with Crippen LogP contribution in [0.3, 0.4) is 0 Å². The summed E-state index contributed by atoms with van der Waals surface area (Å²) in [5.74, 6) is -0.403. The summed E-state index contributed by atoms with van der Waals surface area (Å²) in [6.45, 7) is 0.530. The van der Waals surface area contributed by atoms with Crippen LogP contribution in [0.15, 0.2) is 0 Å². The molecule has 2 N–H and O–H groups in total. The molecule has 0 aliphatic carbocycles. The molecular weight excluding hydrogens is 220 g/mol. The Morgan fingerprint density at radius 1 is 1.31 bits per heavy atom. The van der Waals surface area contributed by atoms with E-state index in [4.69, 9.17) is 5.73 Å². The molecule has 0 spiro atoms. The summed E-state index contributed by atoms with van der Waals surface area (Å²) in [7, 11) is 0. The third kappa shape index (κ3) is 1.89. The SMILES string of the molecule is Nc1nnnn1CCn1nnc([N+](=O)[O-])n1. The number of anilines is 1. The van der Waals surface area contributed by atoms with Crippen LogP contribution in [0.4, 0.5) is 11.9 Å². The number of rotatable bonds is 4. The second-order valence-corrected chi connectivity index (χ2v) is 2.70. The van der Waals surface area contributed by atoms with Crippen molar-refractivity contribution in [3.05, 3.63) is 10.1 Å². The maximum Gasteiger partial charge on any atom is 0.514 e. The van der Waals surface area contributed by atoms with E-state index in [1.807, 2.05) is 0 Å². The van der Waals surface area contributed by atoms with Crippen molar-refractivity contribution in [3.63, 3.8) is 0 Å². The summed E-state index contributed by atoms with van der Waals surface area (Å²) in [5, 5.41) is 30.9. The Labute approximate surface area is 87.2 Å². The largest absolute Gasteiger partial charge is 0.514 e. The van der Waals surface area contributed by atoms with Gasteiger partial charge in [-0.1, -0.05) is 9.90 Å². The number of nitrogen functional groups attached to an aromatic ring is 1. The zero-order valence-corrected chi connectivity index (χ0v) is 7.83. The van der Waals surface area contributed by atoms with E-state index in [1.54, 1.807) is 0 Å². The van der Waals surface area contributed by atoms with Crippen LogP contribution in [0.2, 0.25) is 0 Å². The van der Waals surface area contributed by atoms with Crippen molar-refractivity contribution >= 4 is 11.9 Å². The molecule has 2 aromatic heterocycles. The van der Waals surface area contributed by atoms with E-state index in [9.17, 15) is 10.1 Å².